The van der Waals surface area contributed by atoms with Gasteiger partial charge in [0, 0.05) is 29.9 Å². The lowest BCUT2D eigenvalue weighted by Crippen LogP contribution is -2.63. The normalized spacial score (nSPS) is 33.3. The lowest BCUT2D eigenvalue weighted by atomic mass is 9.57. The van der Waals surface area contributed by atoms with Gasteiger partial charge in [0.05, 0.1) is 6.10 Å². The van der Waals surface area contributed by atoms with Crippen molar-refractivity contribution in [2.75, 3.05) is 11.9 Å². The van der Waals surface area contributed by atoms with Crippen molar-refractivity contribution >= 4 is 6.01 Å². The van der Waals surface area contributed by atoms with E-state index in [1.807, 2.05) is 0 Å². The fourth-order valence-electron chi connectivity index (χ4n) is 3.28. The first-order chi connectivity index (χ1) is 8.50. The van der Waals surface area contributed by atoms with Crippen molar-refractivity contribution in [1.29, 1.82) is 0 Å². The zero-order valence-electron chi connectivity index (χ0n) is 11.4. The third-order valence-electron chi connectivity index (χ3n) is 4.34. The molecule has 5 heteroatoms. The summed E-state index contributed by atoms with van der Waals surface area (Å²) >= 11 is 0. The maximum absolute atomic E-state index is 5.77. The molecule has 0 amide bonds. The molecule has 1 N–H and O–H groups in total. The monoisotopic (exact) mass is 251 g/mol. The zero-order chi connectivity index (χ0) is 12.9. The molecule has 0 unspecified atom stereocenters. The van der Waals surface area contributed by atoms with E-state index in [1.165, 1.54) is 0 Å². The molecule has 2 aliphatic rings. The number of aromatic nitrogens is 2. The third kappa shape index (κ3) is 1.64. The van der Waals surface area contributed by atoms with Crippen LogP contribution in [0.4, 0.5) is 6.01 Å². The van der Waals surface area contributed by atoms with Crippen LogP contribution in [0.25, 0.3) is 0 Å². The summed E-state index contributed by atoms with van der Waals surface area (Å²) in [7, 11) is 0. The quantitative estimate of drug-likeness (QED) is 0.894. The molecule has 1 aliphatic heterocycles. The minimum Gasteiger partial charge on any atom is -0.377 e. The molecule has 100 valence electrons. The molecule has 1 aromatic heterocycles. The second-order valence-corrected chi connectivity index (χ2v) is 6.30. The van der Waals surface area contributed by atoms with Gasteiger partial charge in [0.25, 0.3) is 0 Å². The molecule has 2 fully saturated rings. The molecule has 18 heavy (non-hydrogen) atoms. The number of fused-ring (bicyclic) bond motifs is 1. The average molecular weight is 251 g/mol. The Bertz CT molecular complexity index is 441. The number of ether oxygens (including phenoxy) is 1. The predicted molar refractivity (Wildman–Crippen MR) is 67.4 cm³/mol. The highest BCUT2D eigenvalue weighted by atomic mass is 16.5. The summed E-state index contributed by atoms with van der Waals surface area (Å²) < 4.78 is 11.0. The van der Waals surface area contributed by atoms with Crippen LogP contribution in [0.2, 0.25) is 0 Å². The van der Waals surface area contributed by atoms with E-state index in [0.717, 1.165) is 18.9 Å². The Morgan fingerprint density at radius 3 is 2.83 bits per heavy atom. The van der Waals surface area contributed by atoms with Gasteiger partial charge in [0.15, 0.2) is 5.82 Å². The van der Waals surface area contributed by atoms with Crippen molar-refractivity contribution in [2.45, 2.75) is 52.2 Å². The lowest BCUT2D eigenvalue weighted by Gasteiger charge is -2.54. The lowest BCUT2D eigenvalue weighted by molar-refractivity contribution is -0.0929. The van der Waals surface area contributed by atoms with Gasteiger partial charge in [-0.25, -0.2) is 0 Å². The van der Waals surface area contributed by atoms with E-state index < -0.39 is 0 Å². The van der Waals surface area contributed by atoms with Crippen LogP contribution < -0.4 is 5.32 Å². The van der Waals surface area contributed by atoms with Gasteiger partial charge in [-0.3, -0.25) is 0 Å². The van der Waals surface area contributed by atoms with E-state index in [0.29, 0.717) is 30.0 Å². The largest absolute Gasteiger partial charge is 0.377 e. The molecule has 0 aromatic carbocycles. The summed E-state index contributed by atoms with van der Waals surface area (Å²) in [5.74, 6) is 1.63. The summed E-state index contributed by atoms with van der Waals surface area (Å²) in [5.41, 5.74) is 0.133. The summed E-state index contributed by atoms with van der Waals surface area (Å²) in [6.07, 6.45) is 1.50. The van der Waals surface area contributed by atoms with Crippen LogP contribution in [0, 0.1) is 11.3 Å². The highest BCUT2D eigenvalue weighted by molar-refractivity contribution is 5.29. The van der Waals surface area contributed by atoms with Crippen molar-refractivity contribution in [1.82, 2.24) is 10.1 Å². The summed E-state index contributed by atoms with van der Waals surface area (Å²) in [6, 6.07) is 0.910. The van der Waals surface area contributed by atoms with Crippen molar-refractivity contribution in [2.24, 2.45) is 11.3 Å². The Kier molecular flexibility index (Phi) is 2.62. The van der Waals surface area contributed by atoms with E-state index in [4.69, 9.17) is 9.26 Å². The second-order valence-electron chi connectivity index (χ2n) is 6.30. The number of hydrogen-bond acceptors (Lipinski definition) is 5. The third-order valence-corrected chi connectivity index (χ3v) is 4.34. The Balaban J connectivity index is 1.72. The summed E-state index contributed by atoms with van der Waals surface area (Å²) in [4.78, 5) is 4.38. The number of nitrogens with zero attached hydrogens (tertiary/aromatic N) is 2. The summed E-state index contributed by atoms with van der Waals surface area (Å²) in [5, 5.41) is 7.38. The van der Waals surface area contributed by atoms with Crippen molar-refractivity contribution in [3.8, 4) is 0 Å². The van der Waals surface area contributed by atoms with Crippen LogP contribution in [0.5, 0.6) is 0 Å². The van der Waals surface area contributed by atoms with Crippen LogP contribution in [0.3, 0.4) is 0 Å². The molecule has 0 spiro atoms. The van der Waals surface area contributed by atoms with Gasteiger partial charge in [-0.2, -0.15) is 4.98 Å². The number of nitrogens with one attached hydrogen (secondary N) is 1. The molecule has 3 atom stereocenters. The van der Waals surface area contributed by atoms with E-state index in [-0.39, 0.29) is 5.41 Å². The molecule has 1 saturated carbocycles. The number of hydrogen-bond donors (Lipinski definition) is 1. The highest BCUT2D eigenvalue weighted by Gasteiger charge is 2.59. The van der Waals surface area contributed by atoms with E-state index in [2.05, 4.69) is 43.2 Å². The number of anilines is 1. The van der Waals surface area contributed by atoms with Crippen molar-refractivity contribution in [3.63, 3.8) is 0 Å². The SMILES string of the molecule is CC(C)c1noc(N[C@@H]2[C@H]3CCO[C@@H]3C2(C)C)n1. The van der Waals surface area contributed by atoms with E-state index >= 15 is 0 Å². The first kappa shape index (κ1) is 12.0. The molecule has 3 rings (SSSR count). The van der Waals surface area contributed by atoms with Crippen molar-refractivity contribution in [3.05, 3.63) is 5.82 Å². The second kappa shape index (κ2) is 3.95. The molecular formula is C13H21N3O2. The Hall–Kier alpha value is -1.10. The maximum Gasteiger partial charge on any atom is 0.321 e. The molecule has 1 aromatic rings. The number of rotatable bonds is 3. The van der Waals surface area contributed by atoms with Gasteiger partial charge in [-0.15, -0.1) is 0 Å². The minimum absolute atomic E-state index is 0.133. The predicted octanol–water partition coefficient (Wildman–Crippen LogP) is 2.42. The molecule has 0 radical (unpaired) electrons. The van der Waals surface area contributed by atoms with E-state index in [1.54, 1.807) is 0 Å². The molecule has 1 aliphatic carbocycles. The first-order valence-corrected chi connectivity index (χ1v) is 6.72. The van der Waals surface area contributed by atoms with Gasteiger partial charge in [0.2, 0.25) is 0 Å². The fraction of sp³-hybridized carbons (Fsp3) is 0.846. The van der Waals surface area contributed by atoms with Crippen LogP contribution in [-0.4, -0.2) is 28.9 Å². The molecule has 0 bridgehead atoms. The zero-order valence-corrected chi connectivity index (χ0v) is 11.4. The van der Waals surface area contributed by atoms with Crippen molar-refractivity contribution < 1.29 is 9.26 Å². The minimum atomic E-state index is 0.133. The van der Waals surface area contributed by atoms with Gasteiger partial charge in [0.1, 0.15) is 0 Å². The highest BCUT2D eigenvalue weighted by Crippen LogP contribution is 2.53. The topological polar surface area (TPSA) is 60.2 Å². The smallest absolute Gasteiger partial charge is 0.321 e. The standard InChI is InChI=1S/C13H21N3O2/c1-7(2)11-15-12(18-16-11)14-9-8-5-6-17-10(8)13(9,3)4/h7-10H,5-6H2,1-4H3,(H,14,15,16)/t8-,9-,10+/m1/s1. The molecule has 2 heterocycles. The van der Waals surface area contributed by atoms with Crippen LogP contribution in [-0.2, 0) is 4.74 Å². The Labute approximate surface area is 107 Å². The maximum atomic E-state index is 5.77. The Morgan fingerprint density at radius 2 is 2.17 bits per heavy atom. The average Bonchev–Trinajstić information content (AvgIpc) is 2.94. The summed E-state index contributed by atoms with van der Waals surface area (Å²) in [6.45, 7) is 9.46. The van der Waals surface area contributed by atoms with Gasteiger partial charge >= 0.3 is 6.01 Å². The first-order valence-electron chi connectivity index (χ1n) is 6.72. The fourth-order valence-corrected chi connectivity index (χ4v) is 3.28. The molecular weight excluding hydrogens is 230 g/mol. The van der Waals surface area contributed by atoms with Gasteiger partial charge < -0.3 is 14.6 Å². The van der Waals surface area contributed by atoms with Crippen LogP contribution >= 0.6 is 0 Å². The van der Waals surface area contributed by atoms with Gasteiger partial charge in [-0.05, 0) is 6.42 Å². The molecule has 1 saturated heterocycles. The Morgan fingerprint density at radius 1 is 1.39 bits per heavy atom. The van der Waals surface area contributed by atoms with Crippen LogP contribution in [0.15, 0.2) is 4.52 Å². The van der Waals surface area contributed by atoms with E-state index in [9.17, 15) is 0 Å². The van der Waals surface area contributed by atoms with Crippen LogP contribution in [0.1, 0.15) is 45.9 Å². The van der Waals surface area contributed by atoms with Gasteiger partial charge in [-0.1, -0.05) is 32.9 Å². The molecule has 5 nitrogen and oxygen atoms in total.